The van der Waals surface area contributed by atoms with Crippen LogP contribution in [0.4, 0.5) is 0 Å². The van der Waals surface area contributed by atoms with Crippen LogP contribution in [0.5, 0.6) is 0 Å². The maximum Gasteiger partial charge on any atom is 0.0700 e. The molecule has 0 aliphatic carbocycles. The molecular weight excluding hydrogens is 146 g/mol. The largest absolute Gasteiger partial charge is 0.377 e. The van der Waals surface area contributed by atoms with E-state index in [2.05, 4.69) is 17.9 Å². The average molecular weight is 161 g/mol. The Hall–Kier alpha value is 0.270. The third-order valence-corrected chi connectivity index (χ3v) is 1.91. The fourth-order valence-corrected chi connectivity index (χ4v) is 1.31. The summed E-state index contributed by atoms with van der Waals surface area (Å²) in [7, 11) is 0. The summed E-state index contributed by atoms with van der Waals surface area (Å²) in [6, 6.07) is 0. The molecule has 1 N–H and O–H groups in total. The molecule has 0 amide bonds. The molecule has 0 saturated carbocycles. The van der Waals surface area contributed by atoms with Gasteiger partial charge in [-0.3, -0.25) is 0 Å². The normalized spacial score (nSPS) is 25.5. The molecule has 0 bridgehead atoms. The molecule has 2 nitrogen and oxygen atoms in total. The Bertz CT molecular complexity index is 83.7. The second-order valence-electron chi connectivity index (χ2n) is 2.56. The fourth-order valence-electron chi connectivity index (χ4n) is 1.15. The molecule has 10 heavy (non-hydrogen) atoms. The quantitative estimate of drug-likeness (QED) is 0.467. The highest BCUT2D eigenvalue weighted by Gasteiger charge is 2.13. The number of rotatable bonds is 4. The van der Waals surface area contributed by atoms with Gasteiger partial charge < -0.3 is 10.1 Å². The maximum absolute atomic E-state index is 5.41. The van der Waals surface area contributed by atoms with Crippen molar-refractivity contribution in [2.75, 3.05) is 25.4 Å². The lowest BCUT2D eigenvalue weighted by atomic mass is 10.2. The van der Waals surface area contributed by atoms with Crippen LogP contribution in [0.3, 0.4) is 0 Å². The van der Waals surface area contributed by atoms with Crippen LogP contribution in [-0.4, -0.2) is 31.6 Å². The van der Waals surface area contributed by atoms with Crippen LogP contribution in [-0.2, 0) is 4.74 Å². The van der Waals surface area contributed by atoms with Crippen molar-refractivity contribution < 1.29 is 4.74 Å². The molecule has 1 aliphatic heterocycles. The molecule has 0 radical (unpaired) electrons. The molecule has 0 spiro atoms. The van der Waals surface area contributed by atoms with E-state index in [4.69, 9.17) is 4.74 Å². The zero-order chi connectivity index (χ0) is 7.23. The average Bonchev–Trinajstić information content (AvgIpc) is 2.41. The fraction of sp³-hybridized carbons (Fsp3) is 1.00. The topological polar surface area (TPSA) is 21.3 Å². The third-order valence-electron chi connectivity index (χ3n) is 1.68. The molecule has 1 atom stereocenters. The summed E-state index contributed by atoms with van der Waals surface area (Å²) >= 11 is 4.09. The maximum atomic E-state index is 5.41. The van der Waals surface area contributed by atoms with Crippen LogP contribution in [0, 0.1) is 0 Å². The van der Waals surface area contributed by atoms with Gasteiger partial charge in [0.05, 0.1) is 6.10 Å². The van der Waals surface area contributed by atoms with Crippen molar-refractivity contribution in [3.8, 4) is 0 Å². The SMILES string of the molecule is SCCNCC1CCCO1. The van der Waals surface area contributed by atoms with E-state index in [1.165, 1.54) is 12.8 Å². The van der Waals surface area contributed by atoms with Gasteiger partial charge in [0.15, 0.2) is 0 Å². The summed E-state index contributed by atoms with van der Waals surface area (Å²) < 4.78 is 5.41. The van der Waals surface area contributed by atoms with Gasteiger partial charge in [-0.05, 0) is 12.8 Å². The zero-order valence-electron chi connectivity index (χ0n) is 6.18. The van der Waals surface area contributed by atoms with Crippen LogP contribution in [0.1, 0.15) is 12.8 Å². The second-order valence-corrected chi connectivity index (χ2v) is 3.01. The Labute approximate surface area is 67.7 Å². The molecule has 1 rings (SSSR count). The van der Waals surface area contributed by atoms with Gasteiger partial charge >= 0.3 is 0 Å². The molecule has 1 unspecified atom stereocenters. The molecule has 1 heterocycles. The minimum Gasteiger partial charge on any atom is -0.377 e. The molecule has 1 aliphatic rings. The van der Waals surface area contributed by atoms with Crippen LogP contribution < -0.4 is 5.32 Å². The Kier molecular flexibility index (Phi) is 4.18. The number of ether oxygens (including phenoxy) is 1. The molecule has 0 aromatic rings. The predicted molar refractivity (Wildman–Crippen MR) is 45.7 cm³/mol. The van der Waals surface area contributed by atoms with Crippen LogP contribution in [0.15, 0.2) is 0 Å². The summed E-state index contributed by atoms with van der Waals surface area (Å²) in [5.41, 5.74) is 0. The lowest BCUT2D eigenvalue weighted by Gasteiger charge is -2.08. The van der Waals surface area contributed by atoms with E-state index in [9.17, 15) is 0 Å². The second kappa shape index (κ2) is 4.99. The van der Waals surface area contributed by atoms with Crippen molar-refractivity contribution in [2.45, 2.75) is 18.9 Å². The third kappa shape index (κ3) is 2.90. The summed E-state index contributed by atoms with van der Waals surface area (Å²) in [4.78, 5) is 0. The molecular formula is C7H15NOS. The molecule has 3 heteroatoms. The van der Waals surface area contributed by atoms with Crippen LogP contribution in [0.25, 0.3) is 0 Å². The Balaban J connectivity index is 1.91. The van der Waals surface area contributed by atoms with Gasteiger partial charge in [-0.25, -0.2) is 0 Å². The Morgan fingerprint density at radius 1 is 1.60 bits per heavy atom. The zero-order valence-corrected chi connectivity index (χ0v) is 7.07. The highest BCUT2D eigenvalue weighted by Crippen LogP contribution is 2.10. The molecule has 0 aromatic carbocycles. The summed E-state index contributed by atoms with van der Waals surface area (Å²) in [6.45, 7) is 2.94. The molecule has 0 aromatic heterocycles. The van der Waals surface area contributed by atoms with Gasteiger partial charge in [-0.2, -0.15) is 12.6 Å². The predicted octanol–water partition coefficient (Wildman–Crippen LogP) is 0.685. The highest BCUT2D eigenvalue weighted by molar-refractivity contribution is 7.80. The smallest absolute Gasteiger partial charge is 0.0700 e. The Morgan fingerprint density at radius 3 is 3.10 bits per heavy atom. The van der Waals surface area contributed by atoms with E-state index in [1.807, 2.05) is 0 Å². The first kappa shape index (κ1) is 8.37. The lowest BCUT2D eigenvalue weighted by Crippen LogP contribution is -2.27. The Morgan fingerprint density at radius 2 is 2.50 bits per heavy atom. The molecule has 60 valence electrons. The highest BCUT2D eigenvalue weighted by atomic mass is 32.1. The van der Waals surface area contributed by atoms with Gasteiger partial charge in [0.2, 0.25) is 0 Å². The van der Waals surface area contributed by atoms with Crippen molar-refractivity contribution in [1.29, 1.82) is 0 Å². The summed E-state index contributed by atoms with van der Waals surface area (Å²) in [5, 5.41) is 3.28. The van der Waals surface area contributed by atoms with Crippen molar-refractivity contribution >= 4 is 12.6 Å². The summed E-state index contributed by atoms with van der Waals surface area (Å²) in [6.07, 6.45) is 2.92. The van der Waals surface area contributed by atoms with Crippen LogP contribution >= 0.6 is 12.6 Å². The van der Waals surface area contributed by atoms with E-state index in [-0.39, 0.29) is 0 Å². The molecule has 1 saturated heterocycles. The minimum atomic E-state index is 0.472. The number of hydrogen-bond donors (Lipinski definition) is 2. The first-order chi connectivity index (χ1) is 4.93. The van der Waals surface area contributed by atoms with Crippen LogP contribution in [0.2, 0.25) is 0 Å². The van der Waals surface area contributed by atoms with Gasteiger partial charge in [0, 0.05) is 25.4 Å². The minimum absolute atomic E-state index is 0.472. The number of thiol groups is 1. The number of hydrogen-bond acceptors (Lipinski definition) is 3. The standard InChI is InChI=1S/C7H15NOS/c10-5-3-8-6-7-2-1-4-9-7/h7-8,10H,1-6H2. The van der Waals surface area contributed by atoms with E-state index >= 15 is 0 Å². The van der Waals surface area contributed by atoms with Gasteiger partial charge in [0.1, 0.15) is 0 Å². The van der Waals surface area contributed by atoms with Gasteiger partial charge in [-0.1, -0.05) is 0 Å². The van der Waals surface area contributed by atoms with E-state index in [0.29, 0.717) is 6.10 Å². The van der Waals surface area contributed by atoms with Gasteiger partial charge in [0.25, 0.3) is 0 Å². The first-order valence-corrected chi connectivity index (χ1v) is 4.50. The summed E-state index contributed by atoms with van der Waals surface area (Å²) in [5.74, 6) is 0.909. The van der Waals surface area contributed by atoms with Gasteiger partial charge in [-0.15, -0.1) is 0 Å². The van der Waals surface area contributed by atoms with E-state index in [1.54, 1.807) is 0 Å². The monoisotopic (exact) mass is 161 g/mol. The van der Waals surface area contributed by atoms with E-state index < -0.39 is 0 Å². The van der Waals surface area contributed by atoms with Crippen molar-refractivity contribution in [1.82, 2.24) is 5.32 Å². The van der Waals surface area contributed by atoms with E-state index in [0.717, 1.165) is 25.4 Å². The first-order valence-electron chi connectivity index (χ1n) is 3.86. The van der Waals surface area contributed by atoms with Crippen molar-refractivity contribution in [2.24, 2.45) is 0 Å². The number of nitrogens with one attached hydrogen (secondary N) is 1. The van der Waals surface area contributed by atoms with Crippen molar-refractivity contribution in [3.05, 3.63) is 0 Å². The lowest BCUT2D eigenvalue weighted by molar-refractivity contribution is 0.110. The van der Waals surface area contributed by atoms with Crippen molar-refractivity contribution in [3.63, 3.8) is 0 Å². The molecule has 1 fully saturated rings.